The zero-order chi connectivity index (χ0) is 10.1. The first-order valence-corrected chi connectivity index (χ1v) is 4.99. The van der Waals surface area contributed by atoms with E-state index in [1.165, 1.54) is 0 Å². The van der Waals surface area contributed by atoms with E-state index in [1.54, 1.807) is 0 Å². The van der Waals surface area contributed by atoms with E-state index in [0.717, 1.165) is 12.8 Å². The second-order valence-corrected chi connectivity index (χ2v) is 4.05. The van der Waals surface area contributed by atoms with E-state index < -0.39 is 0 Å². The van der Waals surface area contributed by atoms with E-state index in [2.05, 4.69) is 10.6 Å². The van der Waals surface area contributed by atoms with Gasteiger partial charge in [-0.1, -0.05) is 0 Å². The Balaban J connectivity index is 1.81. The van der Waals surface area contributed by atoms with Gasteiger partial charge in [0.1, 0.15) is 0 Å². The SMILES string of the molecule is NC1CC1NC(=O)C1CCNC(=O)C1. The van der Waals surface area contributed by atoms with Crippen LogP contribution in [0.4, 0.5) is 0 Å². The van der Waals surface area contributed by atoms with Gasteiger partial charge >= 0.3 is 0 Å². The summed E-state index contributed by atoms with van der Waals surface area (Å²) in [4.78, 5) is 22.6. The molecule has 3 unspecified atom stereocenters. The van der Waals surface area contributed by atoms with Crippen molar-refractivity contribution in [3.63, 3.8) is 0 Å². The molecule has 14 heavy (non-hydrogen) atoms. The minimum atomic E-state index is -0.156. The molecule has 1 aliphatic heterocycles. The third-order valence-corrected chi connectivity index (χ3v) is 2.79. The molecule has 1 aliphatic carbocycles. The number of nitrogens with one attached hydrogen (secondary N) is 2. The lowest BCUT2D eigenvalue weighted by molar-refractivity contribution is -0.132. The smallest absolute Gasteiger partial charge is 0.223 e. The van der Waals surface area contributed by atoms with Crippen LogP contribution in [0.25, 0.3) is 0 Å². The minimum Gasteiger partial charge on any atom is -0.356 e. The van der Waals surface area contributed by atoms with Crippen LogP contribution in [0.2, 0.25) is 0 Å². The Morgan fingerprint density at radius 2 is 2.29 bits per heavy atom. The first kappa shape index (κ1) is 9.45. The maximum atomic E-state index is 11.6. The van der Waals surface area contributed by atoms with Crippen LogP contribution < -0.4 is 16.4 Å². The second kappa shape index (κ2) is 3.57. The highest BCUT2D eigenvalue weighted by Crippen LogP contribution is 2.20. The molecule has 0 aromatic carbocycles. The molecule has 0 radical (unpaired) electrons. The maximum absolute atomic E-state index is 11.6. The largest absolute Gasteiger partial charge is 0.356 e. The summed E-state index contributed by atoms with van der Waals surface area (Å²) in [5, 5.41) is 5.55. The Bertz CT molecular complexity index is 267. The van der Waals surface area contributed by atoms with Crippen molar-refractivity contribution in [2.75, 3.05) is 6.54 Å². The van der Waals surface area contributed by atoms with Gasteiger partial charge in [0.05, 0.1) is 0 Å². The molecule has 5 nitrogen and oxygen atoms in total. The van der Waals surface area contributed by atoms with Gasteiger partial charge in [-0.3, -0.25) is 9.59 Å². The number of nitrogens with two attached hydrogens (primary N) is 1. The van der Waals surface area contributed by atoms with Gasteiger partial charge < -0.3 is 16.4 Å². The molecule has 2 rings (SSSR count). The van der Waals surface area contributed by atoms with Crippen LogP contribution in [0.3, 0.4) is 0 Å². The molecule has 1 saturated carbocycles. The van der Waals surface area contributed by atoms with Gasteiger partial charge in [0.15, 0.2) is 0 Å². The topological polar surface area (TPSA) is 84.2 Å². The summed E-state index contributed by atoms with van der Waals surface area (Å²) in [6.07, 6.45) is 1.91. The molecule has 0 aromatic heterocycles. The van der Waals surface area contributed by atoms with Crippen LogP contribution in [0.15, 0.2) is 0 Å². The van der Waals surface area contributed by atoms with Crippen LogP contribution in [0, 0.1) is 5.92 Å². The predicted octanol–water partition coefficient (Wildman–Crippen LogP) is -1.27. The van der Waals surface area contributed by atoms with Crippen LogP contribution in [-0.4, -0.2) is 30.4 Å². The van der Waals surface area contributed by atoms with Crippen molar-refractivity contribution in [1.82, 2.24) is 10.6 Å². The monoisotopic (exact) mass is 197 g/mol. The number of hydrogen-bond donors (Lipinski definition) is 3. The molecule has 1 saturated heterocycles. The van der Waals surface area contributed by atoms with Gasteiger partial charge in [-0.05, 0) is 12.8 Å². The number of carbonyl (C=O) groups is 2. The number of piperidine rings is 1. The van der Waals surface area contributed by atoms with Crippen molar-refractivity contribution in [1.29, 1.82) is 0 Å². The van der Waals surface area contributed by atoms with E-state index in [9.17, 15) is 9.59 Å². The zero-order valence-corrected chi connectivity index (χ0v) is 7.95. The average molecular weight is 197 g/mol. The van der Waals surface area contributed by atoms with Gasteiger partial charge in [0, 0.05) is 31.0 Å². The van der Waals surface area contributed by atoms with Gasteiger partial charge in [-0.25, -0.2) is 0 Å². The van der Waals surface area contributed by atoms with Crippen LogP contribution in [0.1, 0.15) is 19.3 Å². The first-order valence-electron chi connectivity index (χ1n) is 4.99. The van der Waals surface area contributed by atoms with E-state index in [1.807, 2.05) is 0 Å². The summed E-state index contributed by atoms with van der Waals surface area (Å²) in [6, 6.07) is 0.267. The molecule has 2 fully saturated rings. The minimum absolute atomic E-state index is 0.0159. The summed E-state index contributed by atoms with van der Waals surface area (Å²) < 4.78 is 0. The molecule has 0 spiro atoms. The number of amides is 2. The second-order valence-electron chi connectivity index (χ2n) is 4.05. The number of rotatable bonds is 2. The maximum Gasteiger partial charge on any atom is 0.223 e. The fourth-order valence-electron chi connectivity index (χ4n) is 1.69. The molecule has 1 heterocycles. The number of hydrogen-bond acceptors (Lipinski definition) is 3. The molecule has 78 valence electrons. The highest BCUT2D eigenvalue weighted by molar-refractivity contribution is 5.87. The first-order chi connectivity index (χ1) is 6.66. The summed E-state index contributed by atoms with van der Waals surface area (Å²) >= 11 is 0. The fourth-order valence-corrected chi connectivity index (χ4v) is 1.69. The summed E-state index contributed by atoms with van der Waals surface area (Å²) in [5.74, 6) is -0.203. The Labute approximate surface area is 82.4 Å². The van der Waals surface area contributed by atoms with Crippen molar-refractivity contribution in [3.05, 3.63) is 0 Å². The molecule has 4 N–H and O–H groups in total. The van der Waals surface area contributed by atoms with Gasteiger partial charge in [0.25, 0.3) is 0 Å². The van der Waals surface area contributed by atoms with Gasteiger partial charge in [-0.2, -0.15) is 0 Å². The van der Waals surface area contributed by atoms with Crippen molar-refractivity contribution in [2.45, 2.75) is 31.3 Å². The van der Waals surface area contributed by atoms with E-state index in [0.29, 0.717) is 13.0 Å². The highest BCUT2D eigenvalue weighted by Gasteiger charge is 2.37. The average Bonchev–Trinajstić information content (AvgIpc) is 2.81. The lowest BCUT2D eigenvalue weighted by atomic mass is 9.97. The standard InChI is InChI=1S/C9H15N3O2/c10-6-4-7(6)12-9(14)5-1-2-11-8(13)3-5/h5-7H,1-4,10H2,(H,11,13)(H,12,14). The summed E-state index contributed by atoms with van der Waals surface area (Å²) in [6.45, 7) is 0.605. The molecular weight excluding hydrogens is 182 g/mol. The molecular formula is C9H15N3O2. The lowest BCUT2D eigenvalue weighted by Gasteiger charge is -2.21. The van der Waals surface area contributed by atoms with Gasteiger partial charge in [-0.15, -0.1) is 0 Å². The molecule has 0 aromatic rings. The quantitative estimate of drug-likeness (QED) is 0.516. The van der Waals surface area contributed by atoms with Crippen LogP contribution in [0.5, 0.6) is 0 Å². The van der Waals surface area contributed by atoms with Crippen molar-refractivity contribution in [2.24, 2.45) is 11.7 Å². The van der Waals surface area contributed by atoms with Gasteiger partial charge in [0.2, 0.25) is 11.8 Å². The fraction of sp³-hybridized carbons (Fsp3) is 0.778. The Morgan fingerprint density at radius 3 is 2.86 bits per heavy atom. The molecule has 3 atom stereocenters. The Hall–Kier alpha value is -1.10. The zero-order valence-electron chi connectivity index (χ0n) is 7.95. The van der Waals surface area contributed by atoms with E-state index in [-0.39, 0.29) is 29.8 Å². The van der Waals surface area contributed by atoms with Crippen LogP contribution >= 0.6 is 0 Å². The Kier molecular flexibility index (Phi) is 2.41. The lowest BCUT2D eigenvalue weighted by Crippen LogP contribution is -2.42. The number of carbonyl (C=O) groups excluding carboxylic acids is 2. The summed E-state index contributed by atoms with van der Waals surface area (Å²) in [5.41, 5.74) is 5.58. The van der Waals surface area contributed by atoms with Crippen molar-refractivity contribution in [3.8, 4) is 0 Å². The molecule has 2 aliphatic rings. The highest BCUT2D eigenvalue weighted by atomic mass is 16.2. The predicted molar refractivity (Wildman–Crippen MR) is 50.3 cm³/mol. The van der Waals surface area contributed by atoms with E-state index in [4.69, 9.17) is 5.73 Å². The summed E-state index contributed by atoms with van der Waals surface area (Å²) in [7, 11) is 0. The molecule has 2 amide bonds. The van der Waals surface area contributed by atoms with Crippen LogP contribution in [-0.2, 0) is 9.59 Å². The third-order valence-electron chi connectivity index (χ3n) is 2.79. The normalized spacial score (nSPS) is 36.1. The van der Waals surface area contributed by atoms with E-state index >= 15 is 0 Å². The molecule has 0 bridgehead atoms. The molecule has 5 heteroatoms. The van der Waals surface area contributed by atoms with Crippen molar-refractivity contribution < 1.29 is 9.59 Å². The Morgan fingerprint density at radius 1 is 1.57 bits per heavy atom. The van der Waals surface area contributed by atoms with Crippen molar-refractivity contribution >= 4 is 11.8 Å². The third kappa shape index (κ3) is 2.04.